The Kier molecular flexibility index (Phi) is 5.91. The van der Waals surface area contributed by atoms with Crippen molar-refractivity contribution in [1.29, 1.82) is 0 Å². The van der Waals surface area contributed by atoms with Gasteiger partial charge in [0.2, 0.25) is 0 Å². The molecule has 2 aromatic rings. The third-order valence-corrected chi connectivity index (χ3v) is 2.87. The molecule has 0 atom stereocenters. The van der Waals surface area contributed by atoms with Crippen molar-refractivity contribution in [2.24, 2.45) is 10.7 Å². The molecule has 0 saturated carbocycles. The predicted molar refractivity (Wildman–Crippen MR) is 85.9 cm³/mol. The number of amidine groups is 1. The molecule has 0 fully saturated rings. The van der Waals surface area contributed by atoms with Crippen LogP contribution in [0.5, 0.6) is 11.5 Å². The molecule has 5 heteroatoms. The van der Waals surface area contributed by atoms with Gasteiger partial charge >= 0.3 is 0 Å². The minimum Gasteiger partial charge on any atom is -0.490 e. The van der Waals surface area contributed by atoms with Crippen molar-refractivity contribution in [3.05, 3.63) is 54.6 Å². The first kappa shape index (κ1) is 15.2. The average Bonchev–Trinajstić information content (AvgIpc) is 2.53. The molecule has 0 unspecified atom stereocenters. The number of nitrogens with two attached hydrogens (primary N) is 1. The van der Waals surface area contributed by atoms with E-state index in [2.05, 4.69) is 4.99 Å². The van der Waals surface area contributed by atoms with Crippen molar-refractivity contribution in [3.8, 4) is 11.5 Å². The molecule has 21 heavy (non-hydrogen) atoms. The number of halogens is 1. The van der Waals surface area contributed by atoms with Crippen molar-refractivity contribution in [2.45, 2.75) is 0 Å². The summed E-state index contributed by atoms with van der Waals surface area (Å²) >= 11 is 5.60. The molecule has 0 amide bonds. The van der Waals surface area contributed by atoms with Gasteiger partial charge in [0.05, 0.1) is 11.6 Å². The number of hydrogen-bond donors (Lipinski definition) is 1. The summed E-state index contributed by atoms with van der Waals surface area (Å²) in [5.74, 6) is 2.13. The van der Waals surface area contributed by atoms with E-state index in [1.807, 2.05) is 54.6 Å². The summed E-state index contributed by atoms with van der Waals surface area (Å²) in [5, 5.41) is 0. The zero-order valence-corrected chi connectivity index (χ0v) is 12.3. The van der Waals surface area contributed by atoms with Crippen molar-refractivity contribution in [2.75, 3.05) is 19.1 Å². The van der Waals surface area contributed by atoms with E-state index in [0.717, 1.165) is 17.2 Å². The van der Waals surface area contributed by atoms with E-state index in [1.54, 1.807) is 0 Å². The topological polar surface area (TPSA) is 56.8 Å². The van der Waals surface area contributed by atoms with Crippen LogP contribution < -0.4 is 15.2 Å². The number of rotatable bonds is 7. The number of para-hydroxylation sites is 1. The molecular formula is C16H17ClN2O2. The fraction of sp³-hybridized carbons (Fsp3) is 0.188. The normalized spacial score (nSPS) is 11.2. The second kappa shape index (κ2) is 8.17. The summed E-state index contributed by atoms with van der Waals surface area (Å²) in [4.78, 5) is 4.17. The molecule has 0 heterocycles. The molecule has 4 nitrogen and oxygen atoms in total. The molecule has 0 aliphatic carbocycles. The first-order chi connectivity index (χ1) is 10.3. The quantitative estimate of drug-likeness (QED) is 0.369. The van der Waals surface area contributed by atoms with Crippen molar-refractivity contribution in [1.82, 2.24) is 0 Å². The first-order valence-electron chi connectivity index (χ1n) is 6.57. The van der Waals surface area contributed by atoms with Gasteiger partial charge in [-0.3, -0.25) is 0 Å². The lowest BCUT2D eigenvalue weighted by molar-refractivity contribution is 0.217. The van der Waals surface area contributed by atoms with Crippen molar-refractivity contribution in [3.63, 3.8) is 0 Å². The van der Waals surface area contributed by atoms with Gasteiger partial charge < -0.3 is 15.2 Å². The monoisotopic (exact) mass is 304 g/mol. The Labute approximate surface area is 129 Å². The Balaban J connectivity index is 1.82. The molecule has 0 aliphatic rings. The van der Waals surface area contributed by atoms with E-state index < -0.39 is 0 Å². The fourth-order valence-electron chi connectivity index (χ4n) is 1.67. The third kappa shape index (κ3) is 5.36. The molecule has 2 aromatic carbocycles. The van der Waals surface area contributed by atoms with E-state index in [1.165, 1.54) is 0 Å². The number of benzene rings is 2. The Morgan fingerprint density at radius 1 is 0.952 bits per heavy atom. The largest absolute Gasteiger partial charge is 0.490 e. The summed E-state index contributed by atoms with van der Waals surface area (Å²) in [6, 6.07) is 17.0. The minimum absolute atomic E-state index is 0.204. The van der Waals surface area contributed by atoms with Crippen molar-refractivity contribution >= 4 is 23.1 Å². The highest BCUT2D eigenvalue weighted by Crippen LogP contribution is 2.20. The Morgan fingerprint density at radius 2 is 1.62 bits per heavy atom. The fourth-order valence-corrected chi connectivity index (χ4v) is 1.73. The van der Waals surface area contributed by atoms with Crippen LogP contribution in [0.2, 0.25) is 0 Å². The lowest BCUT2D eigenvalue weighted by atomic mass is 10.3. The summed E-state index contributed by atoms with van der Waals surface area (Å²) in [6.07, 6.45) is 0. The van der Waals surface area contributed by atoms with Crippen LogP contribution in [0.25, 0.3) is 0 Å². The number of hydrogen-bond acceptors (Lipinski definition) is 3. The van der Waals surface area contributed by atoms with Crippen LogP contribution in [0.4, 0.5) is 5.69 Å². The van der Waals surface area contributed by atoms with Crippen LogP contribution in [-0.4, -0.2) is 24.9 Å². The summed E-state index contributed by atoms with van der Waals surface area (Å²) in [5.41, 5.74) is 6.32. The van der Waals surface area contributed by atoms with Crippen LogP contribution >= 0.6 is 11.6 Å². The SMILES string of the molecule is NC(CCl)=Nc1cccc(OCCOc2ccccc2)c1. The average molecular weight is 305 g/mol. The number of alkyl halides is 1. The second-order valence-corrected chi connectivity index (χ2v) is 4.51. The van der Waals surface area contributed by atoms with Gasteiger partial charge in [-0.2, -0.15) is 0 Å². The van der Waals surface area contributed by atoms with E-state index in [0.29, 0.717) is 19.0 Å². The molecular weight excluding hydrogens is 288 g/mol. The molecule has 0 aromatic heterocycles. The number of aliphatic imine (C=N–C) groups is 1. The molecule has 110 valence electrons. The van der Waals surface area contributed by atoms with Crippen LogP contribution in [0, 0.1) is 0 Å². The van der Waals surface area contributed by atoms with Gasteiger partial charge in [-0.15, -0.1) is 11.6 Å². The van der Waals surface area contributed by atoms with Crippen LogP contribution in [-0.2, 0) is 0 Å². The maximum absolute atomic E-state index is 5.62. The molecule has 0 radical (unpaired) electrons. The summed E-state index contributed by atoms with van der Waals surface area (Å²) < 4.78 is 11.2. The zero-order chi connectivity index (χ0) is 14.9. The Morgan fingerprint density at radius 3 is 2.33 bits per heavy atom. The molecule has 0 aliphatic heterocycles. The van der Waals surface area contributed by atoms with Crippen LogP contribution in [0.3, 0.4) is 0 Å². The van der Waals surface area contributed by atoms with Crippen LogP contribution in [0.15, 0.2) is 59.6 Å². The highest BCUT2D eigenvalue weighted by molar-refractivity contribution is 6.28. The van der Waals surface area contributed by atoms with E-state index in [-0.39, 0.29) is 5.88 Å². The van der Waals surface area contributed by atoms with Crippen molar-refractivity contribution < 1.29 is 9.47 Å². The molecule has 0 spiro atoms. The lowest BCUT2D eigenvalue weighted by Gasteiger charge is -2.08. The third-order valence-electron chi connectivity index (χ3n) is 2.59. The molecule has 0 saturated heterocycles. The first-order valence-corrected chi connectivity index (χ1v) is 7.11. The standard InChI is InChI=1S/C16H17ClN2O2/c17-12-16(18)19-13-5-4-8-15(11-13)21-10-9-20-14-6-2-1-3-7-14/h1-8,11H,9-10,12H2,(H2,18,19). The second-order valence-electron chi connectivity index (χ2n) is 4.24. The summed E-state index contributed by atoms with van der Waals surface area (Å²) in [6.45, 7) is 0.925. The van der Waals surface area contributed by atoms with E-state index in [9.17, 15) is 0 Å². The molecule has 2 N–H and O–H groups in total. The Hall–Kier alpha value is -2.20. The van der Waals surface area contributed by atoms with Gasteiger partial charge in [-0.1, -0.05) is 24.3 Å². The number of ether oxygens (including phenoxy) is 2. The van der Waals surface area contributed by atoms with Gasteiger partial charge in [0.25, 0.3) is 0 Å². The highest BCUT2D eigenvalue weighted by atomic mass is 35.5. The predicted octanol–water partition coefficient (Wildman–Crippen LogP) is 3.37. The van der Waals surface area contributed by atoms with Gasteiger partial charge in [0.1, 0.15) is 30.5 Å². The lowest BCUT2D eigenvalue weighted by Crippen LogP contribution is -2.12. The smallest absolute Gasteiger partial charge is 0.122 e. The highest BCUT2D eigenvalue weighted by Gasteiger charge is 1.98. The summed E-state index contributed by atoms with van der Waals surface area (Å²) in [7, 11) is 0. The number of nitrogens with zero attached hydrogens (tertiary/aromatic N) is 1. The van der Waals surface area contributed by atoms with E-state index >= 15 is 0 Å². The van der Waals surface area contributed by atoms with Crippen LogP contribution in [0.1, 0.15) is 0 Å². The maximum atomic E-state index is 5.62. The maximum Gasteiger partial charge on any atom is 0.122 e. The van der Waals surface area contributed by atoms with Gasteiger partial charge in [0, 0.05) is 6.07 Å². The van der Waals surface area contributed by atoms with Gasteiger partial charge in [-0.25, -0.2) is 4.99 Å². The minimum atomic E-state index is 0.204. The molecule has 2 rings (SSSR count). The van der Waals surface area contributed by atoms with Gasteiger partial charge in [-0.05, 0) is 24.3 Å². The van der Waals surface area contributed by atoms with Gasteiger partial charge in [0.15, 0.2) is 0 Å². The Bertz CT molecular complexity index is 588. The van der Waals surface area contributed by atoms with E-state index in [4.69, 9.17) is 26.8 Å². The molecule has 0 bridgehead atoms. The zero-order valence-electron chi connectivity index (χ0n) is 11.5.